The summed E-state index contributed by atoms with van der Waals surface area (Å²) in [5, 5.41) is 2.30. The summed E-state index contributed by atoms with van der Waals surface area (Å²) >= 11 is 0. The van der Waals surface area contributed by atoms with E-state index in [9.17, 15) is 9.59 Å². The Morgan fingerprint density at radius 3 is 1.29 bits per heavy atom. The number of hydrogen-bond donors (Lipinski definition) is 0. The monoisotopic (exact) mass is 674 g/mol. The number of carbonyl (C=O) groups excluding carboxylic acids is 2. The quantitative estimate of drug-likeness (QED) is 0.115. The summed E-state index contributed by atoms with van der Waals surface area (Å²) in [6.07, 6.45) is 8.61. The smallest absolute Gasteiger partial charge is 0.338 e. The van der Waals surface area contributed by atoms with Gasteiger partial charge in [0.1, 0.15) is 16.1 Å². The first-order valence-corrected chi connectivity index (χ1v) is 23.0. The Morgan fingerprint density at radius 1 is 0.604 bits per heavy atom. The average molecular weight is 675 g/mol. The van der Waals surface area contributed by atoms with Crippen LogP contribution < -0.4 is 10.6 Å². The summed E-state index contributed by atoms with van der Waals surface area (Å²) in [5.74, 6) is 0.0704. The zero-order valence-corrected chi connectivity index (χ0v) is 30.8. The molecule has 0 radical (unpaired) electrons. The molecule has 0 N–H and O–H groups in total. The molecule has 4 atom stereocenters. The number of benzene rings is 2. The van der Waals surface area contributed by atoms with Crippen molar-refractivity contribution in [2.75, 3.05) is 13.2 Å². The van der Waals surface area contributed by atoms with E-state index in [2.05, 4.69) is 98.3 Å². The van der Waals surface area contributed by atoms with Gasteiger partial charge in [0.25, 0.3) is 0 Å². The normalized spacial score (nSPS) is 19.6. The molecule has 6 nitrogen and oxygen atoms in total. The molecule has 2 aromatic heterocycles. The fourth-order valence-electron chi connectivity index (χ4n) is 6.64. The van der Waals surface area contributed by atoms with E-state index in [0.29, 0.717) is 24.3 Å². The number of nitrogens with zero attached hydrogens (tertiary/aromatic N) is 2. The molecule has 1 fully saturated rings. The Labute approximate surface area is 287 Å². The second kappa shape index (κ2) is 15.2. The Hall–Kier alpha value is -4.41. The van der Waals surface area contributed by atoms with Gasteiger partial charge >= 0.3 is 11.9 Å². The molecule has 0 amide bonds. The van der Waals surface area contributed by atoms with Crippen LogP contribution in [0, 0.1) is 11.8 Å². The van der Waals surface area contributed by atoms with Crippen LogP contribution in [0.1, 0.15) is 57.5 Å². The Kier molecular flexibility index (Phi) is 11.1. The van der Waals surface area contributed by atoms with Crippen molar-refractivity contribution in [2.24, 2.45) is 11.8 Å². The molecule has 8 heteroatoms. The molecular weight excluding hydrogens is 629 g/mol. The molecule has 4 aromatic rings. The zero-order valence-electron chi connectivity index (χ0n) is 28.8. The summed E-state index contributed by atoms with van der Waals surface area (Å²) in [5.41, 5.74) is 8.29. The van der Waals surface area contributed by atoms with Gasteiger partial charge in [-0.1, -0.05) is 86.1 Å². The molecule has 1 aliphatic carbocycles. The van der Waals surface area contributed by atoms with Gasteiger partial charge in [-0.25, -0.2) is 9.59 Å². The lowest BCUT2D eigenvalue weighted by Gasteiger charge is -2.51. The largest absolute Gasteiger partial charge is 0.462 e. The van der Waals surface area contributed by atoms with Crippen LogP contribution in [-0.4, -0.2) is 51.3 Å². The standard InChI is InChI=1S/C40H46N2O4Si2/c1-7-45-39(43)31-19-15-29(16-20-31)37-33(23-27-47(3,4)35-13-9-11-25-41-35)34(24-28-48(5,6)36-14-10-12-26-42-36)38(37)30-17-21-32(22-18-30)40(44)46-8-2/h9-28,33-34,37-38H,7-8H2,1-6H3/b27-23+,28-24+/t33-,34+,37+,38-. The third-order valence-electron chi connectivity index (χ3n) is 9.39. The second-order valence-electron chi connectivity index (χ2n) is 13.5. The molecule has 248 valence electrons. The van der Waals surface area contributed by atoms with Crippen molar-refractivity contribution in [3.8, 4) is 0 Å². The molecule has 5 rings (SSSR count). The van der Waals surface area contributed by atoms with Crippen LogP contribution in [0.5, 0.6) is 0 Å². The molecule has 1 saturated carbocycles. The topological polar surface area (TPSA) is 78.4 Å². The third-order valence-corrected chi connectivity index (χ3v) is 14.7. The van der Waals surface area contributed by atoms with Gasteiger partial charge in [0.05, 0.1) is 24.3 Å². The van der Waals surface area contributed by atoms with E-state index in [1.807, 2.05) is 62.6 Å². The lowest BCUT2D eigenvalue weighted by molar-refractivity contribution is 0.0516. The van der Waals surface area contributed by atoms with E-state index in [1.54, 1.807) is 0 Å². The van der Waals surface area contributed by atoms with Crippen molar-refractivity contribution >= 4 is 38.7 Å². The number of hydrogen-bond acceptors (Lipinski definition) is 6. The van der Waals surface area contributed by atoms with Crippen LogP contribution in [0.4, 0.5) is 0 Å². The molecule has 1 aliphatic rings. The first-order chi connectivity index (χ1) is 23.1. The van der Waals surface area contributed by atoms with Gasteiger partial charge < -0.3 is 9.47 Å². The Morgan fingerprint density at radius 2 is 0.979 bits per heavy atom. The van der Waals surface area contributed by atoms with Crippen LogP contribution in [0.3, 0.4) is 0 Å². The van der Waals surface area contributed by atoms with Crippen molar-refractivity contribution in [1.29, 1.82) is 0 Å². The first kappa shape index (κ1) is 34.9. The Bertz CT molecular complexity index is 1610. The van der Waals surface area contributed by atoms with Crippen LogP contribution in [0.25, 0.3) is 0 Å². The summed E-state index contributed by atoms with van der Waals surface area (Å²) in [7, 11) is -3.98. The van der Waals surface area contributed by atoms with E-state index in [1.165, 1.54) is 11.1 Å². The average Bonchev–Trinajstić information content (AvgIpc) is 3.09. The van der Waals surface area contributed by atoms with E-state index in [4.69, 9.17) is 19.4 Å². The molecular formula is C40H46N2O4Si2. The van der Waals surface area contributed by atoms with Crippen LogP contribution >= 0.6 is 0 Å². The van der Waals surface area contributed by atoms with Gasteiger partial charge in [-0.3, -0.25) is 9.97 Å². The van der Waals surface area contributed by atoms with Crippen LogP contribution in [0.15, 0.2) is 121 Å². The predicted molar refractivity (Wildman–Crippen MR) is 198 cm³/mol. The van der Waals surface area contributed by atoms with E-state index in [0.717, 1.165) is 10.6 Å². The fraction of sp³-hybridized carbons (Fsp3) is 0.300. The van der Waals surface area contributed by atoms with Gasteiger partial charge in [-0.2, -0.15) is 0 Å². The van der Waals surface area contributed by atoms with E-state index >= 15 is 0 Å². The van der Waals surface area contributed by atoms with Gasteiger partial charge in [0.15, 0.2) is 0 Å². The van der Waals surface area contributed by atoms with Crippen molar-refractivity contribution < 1.29 is 19.1 Å². The van der Waals surface area contributed by atoms with Gasteiger partial charge in [-0.15, -0.1) is 0 Å². The highest BCUT2D eigenvalue weighted by Crippen LogP contribution is 2.59. The van der Waals surface area contributed by atoms with E-state index in [-0.39, 0.29) is 35.6 Å². The molecule has 2 heterocycles. The first-order valence-electron chi connectivity index (χ1n) is 16.8. The number of rotatable bonds is 12. The zero-order chi connectivity index (χ0) is 34.3. The summed E-state index contributed by atoms with van der Waals surface area (Å²) in [6.45, 7) is 13.6. The number of esters is 2. The highest BCUT2D eigenvalue weighted by molar-refractivity contribution is 6.93. The number of aromatic nitrogens is 2. The number of pyridine rings is 2. The molecule has 0 saturated heterocycles. The highest BCUT2D eigenvalue weighted by Gasteiger charge is 2.49. The minimum Gasteiger partial charge on any atom is -0.462 e. The maximum atomic E-state index is 12.5. The van der Waals surface area contributed by atoms with Crippen molar-refractivity contribution in [1.82, 2.24) is 9.97 Å². The maximum absolute atomic E-state index is 12.5. The van der Waals surface area contributed by atoms with Crippen molar-refractivity contribution in [3.63, 3.8) is 0 Å². The number of allylic oxidation sites excluding steroid dienone is 2. The minimum atomic E-state index is -1.99. The fourth-order valence-corrected chi connectivity index (χ4v) is 10.3. The van der Waals surface area contributed by atoms with Crippen LogP contribution in [0.2, 0.25) is 26.2 Å². The van der Waals surface area contributed by atoms with Crippen molar-refractivity contribution in [3.05, 3.63) is 143 Å². The lowest BCUT2D eigenvalue weighted by atomic mass is 9.52. The molecule has 48 heavy (non-hydrogen) atoms. The molecule has 0 bridgehead atoms. The maximum Gasteiger partial charge on any atom is 0.338 e. The van der Waals surface area contributed by atoms with Crippen LogP contribution in [-0.2, 0) is 9.47 Å². The summed E-state index contributed by atoms with van der Waals surface area (Å²) in [4.78, 5) is 34.5. The molecule has 0 spiro atoms. The Balaban J connectivity index is 1.59. The predicted octanol–water partition coefficient (Wildman–Crippen LogP) is 7.37. The highest BCUT2D eigenvalue weighted by atomic mass is 28.3. The van der Waals surface area contributed by atoms with E-state index < -0.39 is 16.1 Å². The molecule has 2 aromatic carbocycles. The van der Waals surface area contributed by atoms with Crippen molar-refractivity contribution in [2.45, 2.75) is 51.9 Å². The second-order valence-corrected chi connectivity index (χ2v) is 22.1. The number of ether oxygens (including phenoxy) is 2. The molecule has 0 aliphatic heterocycles. The van der Waals surface area contributed by atoms with Gasteiger partial charge in [0, 0.05) is 23.0 Å². The molecule has 0 unspecified atom stereocenters. The SMILES string of the molecule is CCOC(=O)c1ccc([C@@H]2[C@@H](/C=C/[Si](C)(C)c3ccccn3)[C@@H](/C=C/[Si](C)(C)c3ccccn3)[C@@H]2c2ccc(C(=O)OCC)cc2)cc1. The number of carbonyl (C=O) groups is 2. The summed E-state index contributed by atoms with van der Waals surface area (Å²) < 4.78 is 10.5. The third kappa shape index (κ3) is 7.82. The van der Waals surface area contributed by atoms with Gasteiger partial charge in [0.2, 0.25) is 0 Å². The minimum absolute atomic E-state index is 0.147. The lowest BCUT2D eigenvalue weighted by Crippen LogP contribution is -2.45. The summed E-state index contributed by atoms with van der Waals surface area (Å²) in [6, 6.07) is 28.1. The van der Waals surface area contributed by atoms with Gasteiger partial charge in [-0.05, 0) is 97.2 Å².